The summed E-state index contributed by atoms with van der Waals surface area (Å²) in [7, 11) is 0. The molecule has 1 aliphatic heterocycles. The molecule has 0 aromatic carbocycles. The van der Waals surface area contributed by atoms with Gasteiger partial charge in [-0.05, 0) is 12.8 Å². The van der Waals surface area contributed by atoms with Gasteiger partial charge in [-0.1, -0.05) is 13.8 Å². The van der Waals surface area contributed by atoms with Crippen LogP contribution in [0.25, 0.3) is 0 Å². The molecule has 1 heterocycles. The number of nitriles is 1. The molecule has 84 valence electrons. The molecule has 1 fully saturated rings. The van der Waals surface area contributed by atoms with Gasteiger partial charge in [0, 0.05) is 25.6 Å². The second-order valence-electron chi connectivity index (χ2n) is 3.89. The van der Waals surface area contributed by atoms with Crippen molar-refractivity contribution in [3.63, 3.8) is 0 Å². The Morgan fingerprint density at radius 2 is 2.27 bits per heavy atom. The van der Waals surface area contributed by atoms with Gasteiger partial charge in [0.1, 0.15) is 6.04 Å². The van der Waals surface area contributed by atoms with Gasteiger partial charge in [-0.2, -0.15) is 5.26 Å². The van der Waals surface area contributed by atoms with Gasteiger partial charge in [-0.3, -0.25) is 4.79 Å². The fourth-order valence-electron chi connectivity index (χ4n) is 1.96. The molecule has 0 spiro atoms. The largest absolute Gasteiger partial charge is 0.324 e. The highest BCUT2D eigenvalue weighted by molar-refractivity contribution is 5.79. The quantitative estimate of drug-likeness (QED) is 0.746. The van der Waals surface area contributed by atoms with E-state index in [0.717, 1.165) is 19.4 Å². The average molecular weight is 209 g/mol. The highest BCUT2D eigenvalue weighted by Crippen LogP contribution is 2.15. The summed E-state index contributed by atoms with van der Waals surface area (Å²) in [4.78, 5) is 13.8. The third-order valence-electron chi connectivity index (χ3n) is 3.01. The van der Waals surface area contributed by atoms with Crippen LogP contribution in [0.5, 0.6) is 0 Å². The van der Waals surface area contributed by atoms with E-state index >= 15 is 0 Å². The van der Waals surface area contributed by atoms with E-state index in [1.807, 2.05) is 13.8 Å². The van der Waals surface area contributed by atoms with E-state index in [0.29, 0.717) is 13.1 Å². The Kier molecular flexibility index (Phi) is 4.57. The molecule has 4 heteroatoms. The summed E-state index contributed by atoms with van der Waals surface area (Å²) in [6.45, 7) is 6.10. The molecule has 0 bridgehead atoms. The lowest BCUT2D eigenvalue weighted by molar-refractivity contribution is -0.137. The van der Waals surface area contributed by atoms with Gasteiger partial charge < -0.3 is 10.2 Å². The standard InChI is InChI=1S/C11H19N3O/c1-3-9(4-2)11(15)14-6-5-13-8-10(14)7-12/h9-10,13H,3-6,8H2,1-2H3. The second kappa shape index (κ2) is 5.72. The number of rotatable bonds is 3. The number of carbonyl (C=O) groups excluding carboxylic acids is 1. The summed E-state index contributed by atoms with van der Waals surface area (Å²) in [5.41, 5.74) is 0. The van der Waals surface area contributed by atoms with Crippen molar-refractivity contribution in [2.45, 2.75) is 32.7 Å². The lowest BCUT2D eigenvalue weighted by atomic mass is 10.0. The van der Waals surface area contributed by atoms with Crippen molar-refractivity contribution in [1.82, 2.24) is 10.2 Å². The van der Waals surface area contributed by atoms with Crippen molar-refractivity contribution < 1.29 is 4.79 Å². The molecule has 15 heavy (non-hydrogen) atoms. The van der Waals surface area contributed by atoms with Crippen LogP contribution in [0.4, 0.5) is 0 Å². The molecule has 1 atom stereocenters. The van der Waals surface area contributed by atoms with Crippen LogP contribution in [0.1, 0.15) is 26.7 Å². The van der Waals surface area contributed by atoms with Gasteiger partial charge in [-0.15, -0.1) is 0 Å². The number of piperazine rings is 1. The number of hydrogen-bond donors (Lipinski definition) is 1. The minimum Gasteiger partial charge on any atom is -0.324 e. The Morgan fingerprint density at radius 3 is 2.80 bits per heavy atom. The molecule has 0 aliphatic carbocycles. The predicted molar refractivity (Wildman–Crippen MR) is 58.1 cm³/mol. The maximum absolute atomic E-state index is 12.1. The van der Waals surface area contributed by atoms with Gasteiger partial charge in [0.2, 0.25) is 5.91 Å². The summed E-state index contributed by atoms with van der Waals surface area (Å²) >= 11 is 0. The van der Waals surface area contributed by atoms with Crippen molar-refractivity contribution >= 4 is 5.91 Å². The zero-order valence-corrected chi connectivity index (χ0v) is 9.49. The van der Waals surface area contributed by atoms with Crippen molar-refractivity contribution in [1.29, 1.82) is 5.26 Å². The number of carbonyl (C=O) groups is 1. The molecule has 0 radical (unpaired) electrons. The van der Waals surface area contributed by atoms with E-state index in [4.69, 9.17) is 5.26 Å². The smallest absolute Gasteiger partial charge is 0.226 e. The number of nitrogens with zero attached hydrogens (tertiary/aromatic N) is 2. The first kappa shape index (κ1) is 12.0. The van der Waals surface area contributed by atoms with Crippen LogP contribution in [0, 0.1) is 17.2 Å². The number of amides is 1. The molecule has 1 unspecified atom stereocenters. The lowest BCUT2D eigenvalue weighted by Gasteiger charge is -2.34. The third kappa shape index (κ3) is 2.69. The average Bonchev–Trinajstić information content (AvgIpc) is 2.30. The second-order valence-corrected chi connectivity index (χ2v) is 3.89. The molecule has 1 saturated heterocycles. The predicted octanol–water partition coefficient (Wildman–Crippen LogP) is 0.747. The molecule has 0 aromatic rings. The van der Waals surface area contributed by atoms with E-state index < -0.39 is 0 Å². The number of nitrogens with one attached hydrogen (secondary N) is 1. The van der Waals surface area contributed by atoms with Gasteiger partial charge in [0.15, 0.2) is 0 Å². The minimum atomic E-state index is -0.285. The summed E-state index contributed by atoms with van der Waals surface area (Å²) in [5, 5.41) is 12.1. The normalized spacial score (nSPS) is 21.5. The Bertz CT molecular complexity index is 255. The first-order chi connectivity index (χ1) is 7.24. The summed E-state index contributed by atoms with van der Waals surface area (Å²) in [6, 6.07) is 1.90. The van der Waals surface area contributed by atoms with Crippen LogP contribution in [-0.2, 0) is 4.79 Å². The molecule has 0 aromatic heterocycles. The first-order valence-corrected chi connectivity index (χ1v) is 5.65. The van der Waals surface area contributed by atoms with Crippen LogP contribution in [-0.4, -0.2) is 36.5 Å². The molecule has 4 nitrogen and oxygen atoms in total. The Balaban J connectivity index is 2.67. The minimum absolute atomic E-state index is 0.0824. The van der Waals surface area contributed by atoms with Crippen LogP contribution in [0.2, 0.25) is 0 Å². The topological polar surface area (TPSA) is 56.1 Å². The molecular formula is C11H19N3O. The fraction of sp³-hybridized carbons (Fsp3) is 0.818. The van der Waals surface area contributed by atoms with E-state index in [2.05, 4.69) is 11.4 Å². The van der Waals surface area contributed by atoms with Crippen molar-refractivity contribution in [2.24, 2.45) is 5.92 Å². The summed E-state index contributed by atoms with van der Waals surface area (Å²) in [5.74, 6) is 0.229. The monoisotopic (exact) mass is 209 g/mol. The van der Waals surface area contributed by atoms with Crippen molar-refractivity contribution in [3.05, 3.63) is 0 Å². The van der Waals surface area contributed by atoms with E-state index in [1.54, 1.807) is 4.90 Å². The third-order valence-corrected chi connectivity index (χ3v) is 3.01. The van der Waals surface area contributed by atoms with Crippen molar-refractivity contribution in [2.75, 3.05) is 19.6 Å². The van der Waals surface area contributed by atoms with E-state index in [-0.39, 0.29) is 17.9 Å². The molecular weight excluding hydrogens is 190 g/mol. The van der Waals surface area contributed by atoms with Gasteiger partial charge in [-0.25, -0.2) is 0 Å². The van der Waals surface area contributed by atoms with Crippen LogP contribution < -0.4 is 5.32 Å². The number of hydrogen-bond acceptors (Lipinski definition) is 3. The van der Waals surface area contributed by atoms with Crippen LogP contribution >= 0.6 is 0 Å². The fourth-order valence-corrected chi connectivity index (χ4v) is 1.96. The maximum Gasteiger partial charge on any atom is 0.226 e. The zero-order valence-electron chi connectivity index (χ0n) is 9.49. The van der Waals surface area contributed by atoms with Gasteiger partial charge in [0.25, 0.3) is 0 Å². The van der Waals surface area contributed by atoms with Crippen molar-refractivity contribution in [3.8, 4) is 6.07 Å². The maximum atomic E-state index is 12.1. The van der Waals surface area contributed by atoms with E-state index in [1.165, 1.54) is 0 Å². The molecule has 1 N–H and O–H groups in total. The van der Waals surface area contributed by atoms with Crippen LogP contribution in [0.15, 0.2) is 0 Å². The SMILES string of the molecule is CCC(CC)C(=O)N1CCNCC1C#N. The van der Waals surface area contributed by atoms with Gasteiger partial charge >= 0.3 is 0 Å². The Hall–Kier alpha value is -1.08. The highest BCUT2D eigenvalue weighted by Gasteiger charge is 2.29. The van der Waals surface area contributed by atoms with Gasteiger partial charge in [0.05, 0.1) is 6.07 Å². The Morgan fingerprint density at radius 1 is 1.60 bits per heavy atom. The zero-order chi connectivity index (χ0) is 11.3. The molecule has 1 amide bonds. The summed E-state index contributed by atoms with van der Waals surface area (Å²) in [6.07, 6.45) is 1.72. The van der Waals surface area contributed by atoms with E-state index in [9.17, 15) is 4.79 Å². The highest BCUT2D eigenvalue weighted by atomic mass is 16.2. The summed E-state index contributed by atoms with van der Waals surface area (Å²) < 4.78 is 0. The molecule has 1 rings (SSSR count). The Labute approximate surface area is 91.2 Å². The van der Waals surface area contributed by atoms with Crippen LogP contribution in [0.3, 0.4) is 0 Å². The first-order valence-electron chi connectivity index (χ1n) is 5.65. The molecule has 1 aliphatic rings. The lowest BCUT2D eigenvalue weighted by Crippen LogP contribution is -2.54. The molecule has 0 saturated carbocycles.